The molecule has 0 saturated carbocycles. The number of likely N-dealkylation sites (tertiary alicyclic amines) is 1. The zero-order valence-electron chi connectivity index (χ0n) is 13.3. The smallest absolute Gasteiger partial charge is 0.248 e. The molecule has 20 heavy (non-hydrogen) atoms. The average molecular weight is 287 g/mol. The lowest BCUT2D eigenvalue weighted by atomic mass is 10.1. The quantitative estimate of drug-likeness (QED) is 0.670. The van der Waals surface area contributed by atoms with Crippen molar-refractivity contribution in [2.45, 2.75) is 52.2 Å². The van der Waals surface area contributed by atoms with Gasteiger partial charge < -0.3 is 19.1 Å². The summed E-state index contributed by atoms with van der Waals surface area (Å²) in [5, 5.41) is 0. The van der Waals surface area contributed by atoms with Gasteiger partial charge in [0.15, 0.2) is 0 Å². The van der Waals surface area contributed by atoms with Crippen LogP contribution in [-0.4, -0.2) is 62.0 Å². The monoisotopic (exact) mass is 287 g/mol. The topological polar surface area (TPSA) is 48.0 Å². The Labute approximate surface area is 122 Å². The van der Waals surface area contributed by atoms with Gasteiger partial charge in [0.1, 0.15) is 6.61 Å². The maximum Gasteiger partial charge on any atom is 0.248 e. The first-order valence-electron chi connectivity index (χ1n) is 7.53. The van der Waals surface area contributed by atoms with Crippen LogP contribution in [0.5, 0.6) is 0 Å². The van der Waals surface area contributed by atoms with Crippen LogP contribution in [0.3, 0.4) is 0 Å². The van der Waals surface area contributed by atoms with Crippen LogP contribution in [-0.2, 0) is 19.0 Å². The number of rotatable bonds is 7. The highest BCUT2D eigenvalue weighted by molar-refractivity contribution is 5.77. The minimum Gasteiger partial charge on any atom is -0.379 e. The molecule has 1 rings (SSSR count). The third-order valence-corrected chi connectivity index (χ3v) is 3.21. The van der Waals surface area contributed by atoms with E-state index < -0.39 is 0 Å². The summed E-state index contributed by atoms with van der Waals surface area (Å²) in [6.45, 7) is 11.5. The Morgan fingerprint density at radius 3 is 2.40 bits per heavy atom. The van der Waals surface area contributed by atoms with Gasteiger partial charge in [-0.15, -0.1) is 0 Å². The van der Waals surface area contributed by atoms with Gasteiger partial charge in [0.05, 0.1) is 24.9 Å². The van der Waals surface area contributed by atoms with Crippen molar-refractivity contribution in [3.8, 4) is 0 Å². The van der Waals surface area contributed by atoms with Crippen molar-refractivity contribution in [3.05, 3.63) is 0 Å². The summed E-state index contributed by atoms with van der Waals surface area (Å²) in [6.07, 6.45) is 2.05. The molecule has 5 heteroatoms. The predicted octanol–water partition coefficient (Wildman–Crippen LogP) is 1.85. The molecular weight excluding hydrogens is 258 g/mol. The molecule has 0 atom stereocenters. The van der Waals surface area contributed by atoms with Crippen molar-refractivity contribution in [1.29, 1.82) is 0 Å². The Morgan fingerprint density at radius 1 is 1.20 bits per heavy atom. The molecule has 1 aliphatic rings. The third-order valence-electron chi connectivity index (χ3n) is 3.21. The lowest BCUT2D eigenvalue weighted by molar-refractivity contribution is -0.143. The molecule has 0 aromatic carbocycles. The normalized spacial score (nSPS) is 17.5. The summed E-state index contributed by atoms with van der Waals surface area (Å²) >= 11 is 0. The van der Waals surface area contributed by atoms with Crippen molar-refractivity contribution in [1.82, 2.24) is 4.90 Å². The Bertz CT molecular complexity index is 280. The third kappa shape index (κ3) is 7.22. The van der Waals surface area contributed by atoms with Gasteiger partial charge in [-0.25, -0.2) is 0 Å². The van der Waals surface area contributed by atoms with Crippen molar-refractivity contribution in [2.24, 2.45) is 0 Å². The number of hydrogen-bond acceptors (Lipinski definition) is 4. The fourth-order valence-electron chi connectivity index (χ4n) is 2.06. The van der Waals surface area contributed by atoms with Gasteiger partial charge in [0, 0.05) is 19.7 Å². The minimum atomic E-state index is -0.267. The summed E-state index contributed by atoms with van der Waals surface area (Å²) in [6, 6.07) is 0. The van der Waals surface area contributed by atoms with Gasteiger partial charge >= 0.3 is 0 Å². The summed E-state index contributed by atoms with van der Waals surface area (Å²) < 4.78 is 16.5. The predicted molar refractivity (Wildman–Crippen MR) is 77.8 cm³/mol. The summed E-state index contributed by atoms with van der Waals surface area (Å²) in [5.74, 6) is 0.0766. The van der Waals surface area contributed by atoms with Crippen LogP contribution in [0.15, 0.2) is 0 Å². The Kier molecular flexibility index (Phi) is 7.48. The first kappa shape index (κ1) is 17.4. The number of nitrogens with zero attached hydrogens (tertiary/aromatic N) is 1. The van der Waals surface area contributed by atoms with E-state index in [2.05, 4.69) is 0 Å². The first-order chi connectivity index (χ1) is 9.42. The molecule has 1 saturated heterocycles. The van der Waals surface area contributed by atoms with Crippen LogP contribution in [0.25, 0.3) is 0 Å². The number of piperidine rings is 1. The van der Waals surface area contributed by atoms with Crippen molar-refractivity contribution >= 4 is 5.91 Å². The van der Waals surface area contributed by atoms with E-state index in [1.54, 1.807) is 0 Å². The van der Waals surface area contributed by atoms with Gasteiger partial charge in [-0.05, 0) is 40.5 Å². The van der Waals surface area contributed by atoms with Crippen LogP contribution in [0.1, 0.15) is 40.5 Å². The number of carbonyl (C=O) groups is 1. The first-order valence-corrected chi connectivity index (χ1v) is 7.53. The van der Waals surface area contributed by atoms with Crippen molar-refractivity contribution < 1.29 is 19.0 Å². The van der Waals surface area contributed by atoms with E-state index in [4.69, 9.17) is 14.2 Å². The molecule has 0 spiro atoms. The van der Waals surface area contributed by atoms with Crippen LogP contribution in [0.2, 0.25) is 0 Å². The van der Waals surface area contributed by atoms with E-state index in [0.29, 0.717) is 13.2 Å². The number of ether oxygens (including phenoxy) is 3. The Hall–Kier alpha value is -0.650. The number of amides is 1. The molecule has 1 fully saturated rings. The zero-order chi connectivity index (χ0) is 15.0. The van der Waals surface area contributed by atoms with Crippen molar-refractivity contribution in [2.75, 3.05) is 39.5 Å². The molecule has 0 N–H and O–H groups in total. The van der Waals surface area contributed by atoms with Crippen LogP contribution < -0.4 is 0 Å². The summed E-state index contributed by atoms with van der Waals surface area (Å²) in [5.41, 5.74) is -0.267. The van der Waals surface area contributed by atoms with E-state index in [1.807, 2.05) is 32.6 Å². The van der Waals surface area contributed by atoms with E-state index in [-0.39, 0.29) is 24.2 Å². The zero-order valence-corrected chi connectivity index (χ0v) is 13.3. The molecule has 0 aliphatic carbocycles. The summed E-state index contributed by atoms with van der Waals surface area (Å²) in [4.78, 5) is 13.9. The highest BCUT2D eigenvalue weighted by Crippen LogP contribution is 2.15. The van der Waals surface area contributed by atoms with Gasteiger partial charge in [-0.1, -0.05) is 0 Å². The molecule has 1 heterocycles. The molecule has 5 nitrogen and oxygen atoms in total. The van der Waals surface area contributed by atoms with Crippen LogP contribution >= 0.6 is 0 Å². The van der Waals surface area contributed by atoms with E-state index >= 15 is 0 Å². The maximum atomic E-state index is 12.0. The molecule has 0 unspecified atom stereocenters. The fraction of sp³-hybridized carbons (Fsp3) is 0.933. The minimum absolute atomic E-state index is 0.0766. The van der Waals surface area contributed by atoms with Gasteiger partial charge in [0.2, 0.25) is 5.91 Å². The Balaban J connectivity index is 2.16. The highest BCUT2D eigenvalue weighted by atomic mass is 16.5. The standard InChI is InChI=1S/C15H29NO4/c1-5-18-10-11-19-13-6-8-16(9-7-13)14(17)12-20-15(2,3)4/h13H,5-12H2,1-4H3. The van der Waals surface area contributed by atoms with Gasteiger partial charge in [0.25, 0.3) is 0 Å². The molecular formula is C15H29NO4. The lowest BCUT2D eigenvalue weighted by Crippen LogP contribution is -2.43. The fourth-order valence-corrected chi connectivity index (χ4v) is 2.06. The second kappa shape index (κ2) is 8.60. The molecule has 1 aliphatic heterocycles. The second-order valence-electron chi connectivity index (χ2n) is 6.05. The lowest BCUT2D eigenvalue weighted by Gasteiger charge is -2.32. The van der Waals surface area contributed by atoms with Crippen LogP contribution in [0, 0.1) is 0 Å². The van der Waals surface area contributed by atoms with Crippen LogP contribution in [0.4, 0.5) is 0 Å². The number of carbonyl (C=O) groups excluding carboxylic acids is 1. The van der Waals surface area contributed by atoms with E-state index in [0.717, 1.165) is 32.5 Å². The average Bonchev–Trinajstić information content (AvgIpc) is 2.41. The largest absolute Gasteiger partial charge is 0.379 e. The number of hydrogen-bond donors (Lipinski definition) is 0. The molecule has 1 amide bonds. The molecule has 0 radical (unpaired) electrons. The summed E-state index contributed by atoms with van der Waals surface area (Å²) in [7, 11) is 0. The second-order valence-corrected chi connectivity index (χ2v) is 6.05. The van der Waals surface area contributed by atoms with E-state index in [1.165, 1.54) is 0 Å². The van der Waals surface area contributed by atoms with Gasteiger partial charge in [-0.2, -0.15) is 0 Å². The van der Waals surface area contributed by atoms with Gasteiger partial charge in [-0.3, -0.25) is 4.79 Å². The molecule has 0 aromatic heterocycles. The molecule has 118 valence electrons. The SMILES string of the molecule is CCOCCOC1CCN(C(=O)COC(C)(C)C)CC1. The highest BCUT2D eigenvalue weighted by Gasteiger charge is 2.24. The Morgan fingerprint density at radius 2 is 1.85 bits per heavy atom. The maximum absolute atomic E-state index is 12.0. The molecule has 0 aromatic rings. The van der Waals surface area contributed by atoms with E-state index in [9.17, 15) is 4.79 Å². The molecule has 0 bridgehead atoms. The van der Waals surface area contributed by atoms with Crippen molar-refractivity contribution in [3.63, 3.8) is 0 Å².